The van der Waals surface area contributed by atoms with Crippen molar-refractivity contribution in [3.8, 4) is 11.5 Å². The maximum Gasteiger partial charge on any atom is 0.221 e. The van der Waals surface area contributed by atoms with Crippen LogP contribution in [0.1, 0.15) is 23.1 Å². The number of hydrogen-bond donors (Lipinski definition) is 1. The van der Waals surface area contributed by atoms with Gasteiger partial charge in [0.2, 0.25) is 5.91 Å². The van der Waals surface area contributed by atoms with Crippen LogP contribution >= 0.6 is 11.6 Å². The fourth-order valence-electron chi connectivity index (χ4n) is 3.32. The van der Waals surface area contributed by atoms with Gasteiger partial charge in [0, 0.05) is 37.6 Å². The Hall–Kier alpha value is -2.24. The van der Waals surface area contributed by atoms with E-state index in [1.54, 1.807) is 14.2 Å². The second-order valence-corrected chi connectivity index (χ2v) is 7.03. The van der Waals surface area contributed by atoms with Gasteiger partial charge in [0.1, 0.15) is 0 Å². The van der Waals surface area contributed by atoms with Gasteiger partial charge in [-0.25, -0.2) is 0 Å². The van der Waals surface area contributed by atoms with Gasteiger partial charge < -0.3 is 14.8 Å². The number of carbonyl (C=O) groups excluding carboxylic acids is 1. The Labute approximate surface area is 165 Å². The van der Waals surface area contributed by atoms with Crippen molar-refractivity contribution < 1.29 is 14.3 Å². The molecule has 0 fully saturated rings. The molecule has 2 aromatic carbocycles. The molecule has 144 valence electrons. The standard InChI is InChI=1S/C21H25ClN2O3/c1-26-19-11-15-7-9-24(14-17(15)12-20(19)27-2)10-8-21(25)23-13-16-5-3-4-6-18(16)22/h3-6,11-12H,7-10,13-14H2,1-2H3,(H,23,25). The Balaban J connectivity index is 1.51. The minimum atomic E-state index is 0.0352. The molecule has 1 aliphatic heterocycles. The van der Waals surface area contributed by atoms with E-state index in [1.165, 1.54) is 11.1 Å². The smallest absolute Gasteiger partial charge is 0.221 e. The van der Waals surface area contributed by atoms with E-state index >= 15 is 0 Å². The minimum absolute atomic E-state index is 0.0352. The topological polar surface area (TPSA) is 50.8 Å². The highest BCUT2D eigenvalue weighted by atomic mass is 35.5. The number of rotatable bonds is 7. The van der Waals surface area contributed by atoms with Gasteiger partial charge >= 0.3 is 0 Å². The third-order valence-corrected chi connectivity index (χ3v) is 5.25. The zero-order valence-corrected chi connectivity index (χ0v) is 16.5. The van der Waals surface area contributed by atoms with E-state index < -0.39 is 0 Å². The number of nitrogens with one attached hydrogen (secondary N) is 1. The molecule has 2 aromatic rings. The number of hydrogen-bond acceptors (Lipinski definition) is 4. The van der Waals surface area contributed by atoms with E-state index in [0.29, 0.717) is 18.0 Å². The lowest BCUT2D eigenvalue weighted by Crippen LogP contribution is -2.34. The zero-order valence-electron chi connectivity index (χ0n) is 15.8. The Kier molecular flexibility index (Phi) is 6.58. The SMILES string of the molecule is COc1cc2c(cc1OC)CN(CCC(=O)NCc1ccccc1Cl)CC2. The van der Waals surface area contributed by atoms with E-state index in [-0.39, 0.29) is 5.91 Å². The summed E-state index contributed by atoms with van der Waals surface area (Å²) in [5.74, 6) is 1.55. The highest BCUT2D eigenvalue weighted by Gasteiger charge is 2.19. The highest BCUT2D eigenvalue weighted by Crippen LogP contribution is 2.33. The van der Waals surface area contributed by atoms with E-state index in [4.69, 9.17) is 21.1 Å². The molecule has 0 bridgehead atoms. The molecule has 1 amide bonds. The first-order chi connectivity index (χ1) is 13.1. The molecule has 0 atom stereocenters. The van der Waals surface area contributed by atoms with Crippen LogP contribution in [0.4, 0.5) is 0 Å². The van der Waals surface area contributed by atoms with E-state index in [1.807, 2.05) is 30.3 Å². The highest BCUT2D eigenvalue weighted by molar-refractivity contribution is 6.31. The van der Waals surface area contributed by atoms with Crippen molar-refractivity contribution in [1.82, 2.24) is 10.2 Å². The Morgan fingerprint density at radius 3 is 2.56 bits per heavy atom. The lowest BCUT2D eigenvalue weighted by molar-refractivity contribution is -0.121. The fraction of sp³-hybridized carbons (Fsp3) is 0.381. The number of methoxy groups -OCH3 is 2. The van der Waals surface area contributed by atoms with Crippen molar-refractivity contribution in [3.05, 3.63) is 58.1 Å². The van der Waals surface area contributed by atoms with Gasteiger partial charge in [-0.3, -0.25) is 9.69 Å². The number of fused-ring (bicyclic) bond motifs is 1. The van der Waals surface area contributed by atoms with Gasteiger partial charge in [0.05, 0.1) is 14.2 Å². The Morgan fingerprint density at radius 1 is 1.15 bits per heavy atom. The monoisotopic (exact) mass is 388 g/mol. The minimum Gasteiger partial charge on any atom is -0.493 e. The van der Waals surface area contributed by atoms with Gasteiger partial charge in [0.25, 0.3) is 0 Å². The molecule has 0 spiro atoms. The summed E-state index contributed by atoms with van der Waals surface area (Å²) in [5.41, 5.74) is 3.45. The van der Waals surface area contributed by atoms with Crippen LogP contribution < -0.4 is 14.8 Å². The summed E-state index contributed by atoms with van der Waals surface area (Å²) >= 11 is 6.12. The predicted octanol–water partition coefficient (Wildman–Crippen LogP) is 3.42. The molecular formula is C21H25ClN2O3. The number of ether oxygens (including phenoxy) is 2. The first-order valence-corrected chi connectivity index (χ1v) is 9.44. The van der Waals surface area contributed by atoms with Gasteiger partial charge in [-0.15, -0.1) is 0 Å². The van der Waals surface area contributed by atoms with Crippen LogP contribution in [0.5, 0.6) is 11.5 Å². The molecule has 1 N–H and O–H groups in total. The molecule has 0 saturated carbocycles. The Morgan fingerprint density at radius 2 is 1.85 bits per heavy atom. The molecule has 5 nitrogen and oxygen atoms in total. The second-order valence-electron chi connectivity index (χ2n) is 6.62. The van der Waals surface area contributed by atoms with Crippen molar-refractivity contribution in [2.24, 2.45) is 0 Å². The summed E-state index contributed by atoms with van der Waals surface area (Å²) in [7, 11) is 3.30. The molecule has 1 aliphatic rings. The van der Waals surface area contributed by atoms with Crippen molar-refractivity contribution in [2.45, 2.75) is 25.9 Å². The van der Waals surface area contributed by atoms with Crippen LogP contribution in [0, 0.1) is 0 Å². The van der Waals surface area contributed by atoms with E-state index in [0.717, 1.165) is 43.1 Å². The van der Waals surface area contributed by atoms with Gasteiger partial charge in [-0.2, -0.15) is 0 Å². The lowest BCUT2D eigenvalue weighted by atomic mass is 9.98. The summed E-state index contributed by atoms with van der Waals surface area (Å²) in [4.78, 5) is 14.5. The normalized spacial score (nSPS) is 13.7. The average molecular weight is 389 g/mol. The molecule has 0 radical (unpaired) electrons. The molecule has 0 saturated heterocycles. The first kappa shape index (κ1) is 19.5. The van der Waals surface area contributed by atoms with E-state index in [9.17, 15) is 4.79 Å². The van der Waals surface area contributed by atoms with Crippen molar-refractivity contribution >= 4 is 17.5 Å². The van der Waals surface area contributed by atoms with Crippen LogP contribution in [-0.2, 0) is 24.3 Å². The summed E-state index contributed by atoms with van der Waals surface area (Å²) in [6.07, 6.45) is 1.41. The number of nitrogens with zero attached hydrogens (tertiary/aromatic N) is 1. The lowest BCUT2D eigenvalue weighted by Gasteiger charge is -2.29. The predicted molar refractivity (Wildman–Crippen MR) is 106 cm³/mol. The summed E-state index contributed by atoms with van der Waals surface area (Å²) in [6.45, 7) is 2.92. The second kappa shape index (κ2) is 9.11. The van der Waals surface area contributed by atoms with Crippen LogP contribution in [0.25, 0.3) is 0 Å². The van der Waals surface area contributed by atoms with Gasteiger partial charge in [0.15, 0.2) is 11.5 Å². The van der Waals surface area contributed by atoms with Gasteiger partial charge in [-0.1, -0.05) is 29.8 Å². The zero-order chi connectivity index (χ0) is 19.2. The van der Waals surface area contributed by atoms with Crippen LogP contribution in [0.15, 0.2) is 36.4 Å². The molecular weight excluding hydrogens is 364 g/mol. The van der Waals surface area contributed by atoms with Crippen molar-refractivity contribution in [2.75, 3.05) is 27.3 Å². The number of amides is 1. The van der Waals surface area contributed by atoms with Crippen molar-refractivity contribution in [3.63, 3.8) is 0 Å². The molecule has 0 aliphatic carbocycles. The molecule has 27 heavy (non-hydrogen) atoms. The van der Waals surface area contributed by atoms with Gasteiger partial charge in [-0.05, 0) is 41.3 Å². The van der Waals surface area contributed by atoms with Crippen LogP contribution in [-0.4, -0.2) is 38.1 Å². The summed E-state index contributed by atoms with van der Waals surface area (Å²) < 4.78 is 10.8. The average Bonchev–Trinajstić information content (AvgIpc) is 2.70. The largest absolute Gasteiger partial charge is 0.493 e. The number of carbonyl (C=O) groups is 1. The fourth-order valence-corrected chi connectivity index (χ4v) is 3.52. The first-order valence-electron chi connectivity index (χ1n) is 9.07. The molecule has 1 heterocycles. The molecule has 0 unspecified atom stereocenters. The Bertz CT molecular complexity index is 810. The number of halogens is 1. The molecule has 6 heteroatoms. The summed E-state index contributed by atoms with van der Waals surface area (Å²) in [5, 5.41) is 3.62. The summed E-state index contributed by atoms with van der Waals surface area (Å²) in [6, 6.07) is 11.6. The molecule has 0 aromatic heterocycles. The maximum atomic E-state index is 12.2. The van der Waals surface area contributed by atoms with E-state index in [2.05, 4.69) is 16.3 Å². The van der Waals surface area contributed by atoms with Crippen LogP contribution in [0.2, 0.25) is 5.02 Å². The quantitative estimate of drug-likeness (QED) is 0.789. The maximum absolute atomic E-state index is 12.2. The van der Waals surface area contributed by atoms with Crippen LogP contribution in [0.3, 0.4) is 0 Å². The number of benzene rings is 2. The third kappa shape index (κ3) is 4.93. The molecule has 3 rings (SSSR count). The van der Waals surface area contributed by atoms with Crippen molar-refractivity contribution in [1.29, 1.82) is 0 Å². The third-order valence-electron chi connectivity index (χ3n) is 4.89.